The van der Waals surface area contributed by atoms with Crippen LogP contribution in [-0.2, 0) is 9.53 Å². The smallest absolute Gasteiger partial charge is 0.236 e. The van der Waals surface area contributed by atoms with Crippen LogP contribution in [0.5, 0.6) is 0 Å². The second-order valence-electron chi connectivity index (χ2n) is 6.65. The van der Waals surface area contributed by atoms with E-state index in [0.717, 1.165) is 19.5 Å². The van der Waals surface area contributed by atoms with Crippen molar-refractivity contribution in [3.63, 3.8) is 0 Å². The van der Waals surface area contributed by atoms with E-state index in [1.54, 1.807) is 0 Å². The minimum absolute atomic E-state index is 0.231. The highest BCUT2D eigenvalue weighted by atomic mass is 16.5. The van der Waals surface area contributed by atoms with Crippen molar-refractivity contribution < 1.29 is 9.53 Å². The van der Waals surface area contributed by atoms with Crippen LogP contribution in [0.2, 0.25) is 0 Å². The summed E-state index contributed by atoms with van der Waals surface area (Å²) in [7, 11) is 2.13. The minimum Gasteiger partial charge on any atom is -0.375 e. The molecule has 0 radical (unpaired) electrons. The lowest BCUT2D eigenvalue weighted by Crippen LogP contribution is -2.49. The number of carbonyl (C=O) groups excluding carboxylic acids is 1. The summed E-state index contributed by atoms with van der Waals surface area (Å²) in [5, 5.41) is 0. The molecular weight excluding hydrogens is 264 g/mol. The number of hydrogen-bond donors (Lipinski definition) is 0. The van der Waals surface area contributed by atoms with E-state index in [2.05, 4.69) is 18.9 Å². The maximum absolute atomic E-state index is 12.5. The summed E-state index contributed by atoms with van der Waals surface area (Å²) in [6.45, 7) is 4.92. The van der Waals surface area contributed by atoms with Gasteiger partial charge in [0.1, 0.15) is 0 Å². The van der Waals surface area contributed by atoms with Crippen LogP contribution in [0.15, 0.2) is 0 Å². The molecule has 1 heterocycles. The van der Waals surface area contributed by atoms with Crippen molar-refractivity contribution >= 4 is 5.91 Å². The molecule has 0 aromatic heterocycles. The first-order chi connectivity index (χ1) is 10.2. The number of amides is 1. The van der Waals surface area contributed by atoms with Crippen molar-refractivity contribution in [2.45, 2.75) is 70.4 Å². The SMILES string of the molecule is CCC1CN(C(=O)CN(C)C2CCCCCCC2)CCO1. The van der Waals surface area contributed by atoms with Gasteiger partial charge >= 0.3 is 0 Å². The Morgan fingerprint density at radius 3 is 2.52 bits per heavy atom. The van der Waals surface area contributed by atoms with E-state index < -0.39 is 0 Å². The van der Waals surface area contributed by atoms with E-state index >= 15 is 0 Å². The lowest BCUT2D eigenvalue weighted by molar-refractivity contribution is -0.140. The van der Waals surface area contributed by atoms with Crippen molar-refractivity contribution in [2.75, 3.05) is 33.3 Å². The van der Waals surface area contributed by atoms with Crippen LogP contribution in [0.1, 0.15) is 58.3 Å². The predicted molar refractivity (Wildman–Crippen MR) is 85.3 cm³/mol. The molecule has 1 saturated carbocycles. The molecule has 1 amide bonds. The molecule has 1 aliphatic carbocycles. The van der Waals surface area contributed by atoms with Crippen LogP contribution in [0, 0.1) is 0 Å². The van der Waals surface area contributed by atoms with E-state index in [1.165, 1.54) is 44.9 Å². The molecule has 0 N–H and O–H groups in total. The molecule has 0 spiro atoms. The van der Waals surface area contributed by atoms with E-state index in [9.17, 15) is 4.79 Å². The molecule has 21 heavy (non-hydrogen) atoms. The second kappa shape index (κ2) is 8.74. The number of ether oxygens (including phenoxy) is 1. The van der Waals surface area contributed by atoms with Gasteiger partial charge in [0.2, 0.25) is 5.91 Å². The van der Waals surface area contributed by atoms with Gasteiger partial charge in [0.15, 0.2) is 0 Å². The summed E-state index contributed by atoms with van der Waals surface area (Å²) in [5.74, 6) is 0.279. The van der Waals surface area contributed by atoms with E-state index in [1.807, 2.05) is 4.90 Å². The average Bonchev–Trinajstić information content (AvgIpc) is 2.46. The third-order valence-corrected chi connectivity index (χ3v) is 5.03. The van der Waals surface area contributed by atoms with Gasteiger partial charge < -0.3 is 9.64 Å². The van der Waals surface area contributed by atoms with Gasteiger partial charge in [-0.15, -0.1) is 0 Å². The summed E-state index contributed by atoms with van der Waals surface area (Å²) in [6, 6.07) is 0.595. The quantitative estimate of drug-likeness (QED) is 0.799. The number of morpholine rings is 1. The van der Waals surface area contributed by atoms with Crippen LogP contribution in [0.3, 0.4) is 0 Å². The van der Waals surface area contributed by atoms with Gasteiger partial charge in [-0.3, -0.25) is 9.69 Å². The van der Waals surface area contributed by atoms with E-state index in [-0.39, 0.29) is 12.0 Å². The molecule has 0 bridgehead atoms. The number of carbonyl (C=O) groups is 1. The van der Waals surface area contributed by atoms with Crippen LogP contribution >= 0.6 is 0 Å². The molecular formula is C17H32N2O2. The Balaban J connectivity index is 1.80. The molecule has 1 aliphatic heterocycles. The van der Waals surface area contributed by atoms with Gasteiger partial charge in [-0.25, -0.2) is 0 Å². The fourth-order valence-corrected chi connectivity index (χ4v) is 3.51. The van der Waals surface area contributed by atoms with Gasteiger partial charge in [-0.05, 0) is 26.3 Å². The maximum atomic E-state index is 12.5. The highest BCUT2D eigenvalue weighted by Crippen LogP contribution is 2.20. The number of rotatable bonds is 4. The lowest BCUT2D eigenvalue weighted by atomic mass is 9.96. The zero-order valence-corrected chi connectivity index (χ0v) is 13.9. The minimum atomic E-state index is 0.231. The summed E-state index contributed by atoms with van der Waals surface area (Å²) < 4.78 is 5.65. The predicted octanol–water partition coefficient (Wildman–Crippen LogP) is 2.67. The summed E-state index contributed by atoms with van der Waals surface area (Å²) in [5.41, 5.74) is 0. The normalized spacial score (nSPS) is 25.7. The Morgan fingerprint density at radius 1 is 1.19 bits per heavy atom. The average molecular weight is 296 g/mol. The van der Waals surface area contributed by atoms with Gasteiger partial charge in [0.05, 0.1) is 19.3 Å². The Kier molecular flexibility index (Phi) is 6.97. The molecule has 1 unspecified atom stereocenters. The molecule has 4 heteroatoms. The standard InChI is InChI=1S/C17H32N2O2/c1-3-16-13-19(11-12-21-16)17(20)14-18(2)15-9-7-5-4-6-8-10-15/h15-16H,3-14H2,1-2H3. The third-order valence-electron chi connectivity index (χ3n) is 5.03. The Bertz CT molecular complexity index is 314. The first-order valence-corrected chi connectivity index (χ1v) is 8.80. The zero-order valence-electron chi connectivity index (χ0n) is 13.9. The van der Waals surface area contributed by atoms with Crippen LogP contribution in [0.4, 0.5) is 0 Å². The molecule has 0 aromatic rings. The van der Waals surface area contributed by atoms with E-state index in [0.29, 0.717) is 19.2 Å². The summed E-state index contributed by atoms with van der Waals surface area (Å²) >= 11 is 0. The monoisotopic (exact) mass is 296 g/mol. The van der Waals surface area contributed by atoms with Crippen molar-refractivity contribution in [2.24, 2.45) is 0 Å². The summed E-state index contributed by atoms with van der Waals surface area (Å²) in [4.78, 5) is 16.8. The fourth-order valence-electron chi connectivity index (χ4n) is 3.51. The lowest BCUT2D eigenvalue weighted by Gasteiger charge is -2.35. The Labute approximate surface area is 129 Å². The Hall–Kier alpha value is -0.610. The number of likely N-dealkylation sites (N-methyl/N-ethyl adjacent to an activating group) is 1. The molecule has 2 rings (SSSR count). The van der Waals surface area contributed by atoms with Crippen LogP contribution < -0.4 is 0 Å². The van der Waals surface area contributed by atoms with Crippen LogP contribution in [-0.4, -0.2) is 61.1 Å². The zero-order chi connectivity index (χ0) is 15.1. The number of nitrogens with zero attached hydrogens (tertiary/aromatic N) is 2. The van der Waals surface area contributed by atoms with Crippen molar-refractivity contribution in [1.29, 1.82) is 0 Å². The highest BCUT2D eigenvalue weighted by molar-refractivity contribution is 5.78. The van der Waals surface area contributed by atoms with Crippen LogP contribution in [0.25, 0.3) is 0 Å². The summed E-state index contributed by atoms with van der Waals surface area (Å²) in [6.07, 6.45) is 10.5. The third kappa shape index (κ3) is 5.26. The molecule has 2 fully saturated rings. The molecule has 4 nitrogen and oxygen atoms in total. The van der Waals surface area contributed by atoms with Gasteiger partial charge in [0.25, 0.3) is 0 Å². The molecule has 1 saturated heterocycles. The molecule has 0 aromatic carbocycles. The first kappa shape index (κ1) is 16.8. The molecule has 1 atom stereocenters. The Morgan fingerprint density at radius 2 is 1.86 bits per heavy atom. The van der Waals surface area contributed by atoms with Gasteiger partial charge in [0, 0.05) is 19.1 Å². The van der Waals surface area contributed by atoms with Gasteiger partial charge in [-0.2, -0.15) is 0 Å². The number of hydrogen-bond acceptors (Lipinski definition) is 3. The topological polar surface area (TPSA) is 32.8 Å². The van der Waals surface area contributed by atoms with Crippen molar-refractivity contribution in [3.8, 4) is 0 Å². The van der Waals surface area contributed by atoms with Gasteiger partial charge in [-0.1, -0.05) is 39.0 Å². The van der Waals surface area contributed by atoms with E-state index in [4.69, 9.17) is 4.74 Å². The first-order valence-electron chi connectivity index (χ1n) is 8.80. The highest BCUT2D eigenvalue weighted by Gasteiger charge is 2.25. The largest absolute Gasteiger partial charge is 0.375 e. The molecule has 122 valence electrons. The fraction of sp³-hybridized carbons (Fsp3) is 0.941. The maximum Gasteiger partial charge on any atom is 0.236 e. The van der Waals surface area contributed by atoms with Crippen molar-refractivity contribution in [1.82, 2.24) is 9.80 Å². The second-order valence-corrected chi connectivity index (χ2v) is 6.65. The molecule has 2 aliphatic rings. The van der Waals surface area contributed by atoms with Crippen molar-refractivity contribution in [3.05, 3.63) is 0 Å².